The van der Waals surface area contributed by atoms with Crippen molar-refractivity contribution in [1.82, 2.24) is 21.3 Å². The third kappa shape index (κ3) is 13.1. The molecule has 0 radical (unpaired) electrons. The molecule has 0 saturated carbocycles. The van der Waals surface area contributed by atoms with Crippen LogP contribution in [0.5, 0.6) is 0 Å². The first-order chi connectivity index (χ1) is 16.1. The summed E-state index contributed by atoms with van der Waals surface area (Å²) < 4.78 is 0. The average Bonchev–Trinajstić information content (AvgIpc) is 2.72. The van der Waals surface area contributed by atoms with Gasteiger partial charge in [-0.3, -0.25) is 33.6 Å². The number of carboxylic acids is 4. The van der Waals surface area contributed by atoms with Gasteiger partial charge >= 0.3 is 23.9 Å². The molecule has 0 fully saturated rings. The largest absolute Gasteiger partial charge is 0.481 e. The highest BCUT2D eigenvalue weighted by molar-refractivity contribution is 5.95. The van der Waals surface area contributed by atoms with Gasteiger partial charge in [0.15, 0.2) is 0 Å². The second kappa shape index (κ2) is 14.8. The molecule has 0 rings (SSSR count). The molecule has 35 heavy (non-hydrogen) atoms. The Bertz CT molecular complexity index is 859. The summed E-state index contributed by atoms with van der Waals surface area (Å²) in [5, 5.41) is 43.5. The zero-order valence-electron chi connectivity index (χ0n) is 18.5. The Kier molecular flexibility index (Phi) is 13.0. The zero-order valence-corrected chi connectivity index (χ0v) is 18.5. The standard InChI is InChI=1S/C18H27N5O12/c1-7(19)15(31)22-8(2-3-12(25)26)16(32)20-6-11(24)21-9(4-13(27)28)17(33)23-10(18(34)35)5-14(29)30/h7-10H,2-6,19H2,1H3,(H,20,32)(H,21,24)(H,22,31)(H,23,33)(H,25,26)(H,27,28)(H,29,30)(H,34,35)/t7-,8-,9-,10-/m0/s1. The van der Waals surface area contributed by atoms with Crippen LogP contribution in [-0.4, -0.2) is 98.6 Å². The molecule has 0 bridgehead atoms. The molecule has 0 aliphatic rings. The Labute approximate surface area is 197 Å². The molecule has 0 aliphatic heterocycles. The van der Waals surface area contributed by atoms with Gasteiger partial charge in [-0.05, 0) is 13.3 Å². The smallest absolute Gasteiger partial charge is 0.326 e. The first-order valence-corrected chi connectivity index (χ1v) is 9.95. The lowest BCUT2D eigenvalue weighted by Gasteiger charge is -2.21. The molecule has 0 saturated heterocycles. The van der Waals surface area contributed by atoms with E-state index >= 15 is 0 Å². The number of hydrogen-bond acceptors (Lipinski definition) is 9. The topological polar surface area (TPSA) is 292 Å². The van der Waals surface area contributed by atoms with E-state index in [0.717, 1.165) is 0 Å². The first kappa shape index (κ1) is 30.7. The molecule has 10 N–H and O–H groups in total. The highest BCUT2D eigenvalue weighted by atomic mass is 16.4. The molecule has 0 aromatic rings. The van der Waals surface area contributed by atoms with Gasteiger partial charge in [0.1, 0.15) is 18.1 Å². The lowest BCUT2D eigenvalue weighted by atomic mass is 10.1. The van der Waals surface area contributed by atoms with E-state index in [2.05, 4.69) is 10.6 Å². The van der Waals surface area contributed by atoms with E-state index in [1.165, 1.54) is 6.92 Å². The molecule has 17 heteroatoms. The van der Waals surface area contributed by atoms with E-state index < -0.39 is 97.5 Å². The van der Waals surface area contributed by atoms with Crippen LogP contribution in [0, 0.1) is 0 Å². The number of hydrogen-bond donors (Lipinski definition) is 9. The fourth-order valence-corrected chi connectivity index (χ4v) is 2.41. The van der Waals surface area contributed by atoms with Gasteiger partial charge in [-0.1, -0.05) is 0 Å². The van der Waals surface area contributed by atoms with Crippen molar-refractivity contribution >= 4 is 47.5 Å². The molecule has 0 heterocycles. The van der Waals surface area contributed by atoms with E-state index in [9.17, 15) is 38.4 Å². The molecule has 196 valence electrons. The van der Waals surface area contributed by atoms with Crippen molar-refractivity contribution in [2.45, 2.75) is 56.8 Å². The third-order valence-electron chi connectivity index (χ3n) is 4.14. The van der Waals surface area contributed by atoms with E-state index in [4.69, 9.17) is 26.2 Å². The lowest BCUT2D eigenvalue weighted by Crippen LogP contribution is -2.55. The minimum absolute atomic E-state index is 0.342. The summed E-state index contributed by atoms with van der Waals surface area (Å²) in [4.78, 5) is 92.1. The minimum Gasteiger partial charge on any atom is -0.481 e. The SMILES string of the molecule is C[C@H](N)C(=O)N[C@@H](CCC(=O)O)C(=O)NCC(=O)N[C@@H](CC(=O)O)C(=O)N[C@@H](CC(=O)O)C(=O)O. The summed E-state index contributed by atoms with van der Waals surface area (Å²) in [6.07, 6.45) is -2.87. The predicted molar refractivity (Wildman–Crippen MR) is 111 cm³/mol. The van der Waals surface area contributed by atoms with Gasteiger partial charge in [0, 0.05) is 6.42 Å². The number of carbonyl (C=O) groups is 8. The normalized spacial score (nSPS) is 13.8. The number of nitrogens with one attached hydrogen (secondary N) is 4. The lowest BCUT2D eigenvalue weighted by molar-refractivity contribution is -0.148. The maximum atomic E-state index is 12.3. The van der Waals surface area contributed by atoms with Crippen molar-refractivity contribution in [3.8, 4) is 0 Å². The van der Waals surface area contributed by atoms with E-state index in [1.54, 1.807) is 5.32 Å². The van der Waals surface area contributed by atoms with Gasteiger partial charge in [0.25, 0.3) is 0 Å². The van der Waals surface area contributed by atoms with Crippen LogP contribution in [0.3, 0.4) is 0 Å². The van der Waals surface area contributed by atoms with Crippen molar-refractivity contribution in [2.24, 2.45) is 5.73 Å². The molecule has 0 aromatic carbocycles. The maximum Gasteiger partial charge on any atom is 0.326 e. The van der Waals surface area contributed by atoms with Crippen LogP contribution >= 0.6 is 0 Å². The van der Waals surface area contributed by atoms with Crippen molar-refractivity contribution < 1.29 is 58.8 Å². The molecule has 0 unspecified atom stereocenters. The Morgan fingerprint density at radius 3 is 1.66 bits per heavy atom. The summed E-state index contributed by atoms with van der Waals surface area (Å²) in [5.41, 5.74) is 5.39. The Hall–Kier alpha value is -4.28. The van der Waals surface area contributed by atoms with Gasteiger partial charge in [-0.2, -0.15) is 0 Å². The second-order valence-electron chi connectivity index (χ2n) is 7.22. The van der Waals surface area contributed by atoms with Gasteiger partial charge < -0.3 is 47.4 Å². The minimum atomic E-state index is -1.91. The Balaban J connectivity index is 5.21. The molecule has 4 atom stereocenters. The van der Waals surface area contributed by atoms with Gasteiger partial charge in [0.05, 0.1) is 25.4 Å². The maximum absolute atomic E-state index is 12.3. The molecule has 0 aromatic heterocycles. The van der Waals surface area contributed by atoms with Crippen LogP contribution in [0.1, 0.15) is 32.6 Å². The number of carbonyl (C=O) groups excluding carboxylic acids is 4. The van der Waals surface area contributed by atoms with Crippen LogP contribution in [0.15, 0.2) is 0 Å². The third-order valence-corrected chi connectivity index (χ3v) is 4.14. The first-order valence-electron chi connectivity index (χ1n) is 9.95. The van der Waals surface area contributed by atoms with E-state index in [-0.39, 0.29) is 6.42 Å². The number of aliphatic carboxylic acids is 4. The predicted octanol–water partition coefficient (Wildman–Crippen LogP) is -4.20. The van der Waals surface area contributed by atoms with Crippen LogP contribution in [0.2, 0.25) is 0 Å². The molecule has 4 amide bonds. The molecule has 0 spiro atoms. The molecular formula is C18H27N5O12. The summed E-state index contributed by atoms with van der Waals surface area (Å²) in [6.45, 7) is 0.477. The summed E-state index contributed by atoms with van der Waals surface area (Å²) in [7, 11) is 0. The van der Waals surface area contributed by atoms with Crippen LogP contribution in [0.4, 0.5) is 0 Å². The highest BCUT2D eigenvalue weighted by Crippen LogP contribution is 2.01. The monoisotopic (exact) mass is 505 g/mol. The summed E-state index contributed by atoms with van der Waals surface area (Å²) >= 11 is 0. The fraction of sp³-hybridized carbons (Fsp3) is 0.556. The Morgan fingerprint density at radius 1 is 0.686 bits per heavy atom. The van der Waals surface area contributed by atoms with Crippen molar-refractivity contribution in [2.75, 3.05) is 6.54 Å². The van der Waals surface area contributed by atoms with Gasteiger partial charge in [0.2, 0.25) is 23.6 Å². The summed E-state index contributed by atoms with van der Waals surface area (Å²) in [5.74, 6) is -10.2. The van der Waals surface area contributed by atoms with Gasteiger partial charge in [-0.25, -0.2) is 4.79 Å². The van der Waals surface area contributed by atoms with Crippen LogP contribution < -0.4 is 27.0 Å². The van der Waals surface area contributed by atoms with E-state index in [0.29, 0.717) is 0 Å². The number of carboxylic acid groups (broad SMARTS) is 4. The Morgan fingerprint density at radius 2 is 1.20 bits per heavy atom. The fourth-order valence-electron chi connectivity index (χ4n) is 2.41. The second-order valence-corrected chi connectivity index (χ2v) is 7.22. The number of rotatable bonds is 16. The quantitative estimate of drug-likeness (QED) is 0.0962. The summed E-state index contributed by atoms with van der Waals surface area (Å²) in [6, 6.07) is -6.13. The average molecular weight is 505 g/mol. The van der Waals surface area contributed by atoms with Crippen molar-refractivity contribution in [3.63, 3.8) is 0 Å². The number of nitrogens with two attached hydrogens (primary N) is 1. The molecule has 17 nitrogen and oxygen atoms in total. The van der Waals surface area contributed by atoms with Crippen molar-refractivity contribution in [1.29, 1.82) is 0 Å². The molecular weight excluding hydrogens is 478 g/mol. The van der Waals surface area contributed by atoms with E-state index in [1.807, 2.05) is 5.32 Å². The zero-order chi connectivity index (χ0) is 27.3. The molecule has 0 aliphatic carbocycles. The van der Waals surface area contributed by atoms with Gasteiger partial charge in [-0.15, -0.1) is 0 Å². The van der Waals surface area contributed by atoms with Crippen LogP contribution in [-0.2, 0) is 38.4 Å². The number of amides is 4. The highest BCUT2D eigenvalue weighted by Gasteiger charge is 2.30. The van der Waals surface area contributed by atoms with Crippen molar-refractivity contribution in [3.05, 3.63) is 0 Å². The van der Waals surface area contributed by atoms with Crippen LogP contribution in [0.25, 0.3) is 0 Å².